The zero-order valence-electron chi connectivity index (χ0n) is 9.57. The molecule has 1 aromatic rings. The second-order valence-corrected chi connectivity index (χ2v) is 4.15. The monoisotopic (exact) mass is 258 g/mol. The summed E-state index contributed by atoms with van der Waals surface area (Å²) >= 11 is 0. The number of benzene rings is 1. The molecule has 18 heavy (non-hydrogen) atoms. The first kappa shape index (κ1) is 12.9. The topological polar surface area (TPSA) is 32.3 Å². The van der Waals surface area contributed by atoms with Gasteiger partial charge in [0, 0.05) is 6.54 Å². The second-order valence-electron chi connectivity index (χ2n) is 4.15. The number of nitrogens with zero attached hydrogens (tertiary/aromatic N) is 1. The SMILES string of the molecule is O=C1CNC(c2ccccc2)N1CCC(F)(F)F. The van der Waals surface area contributed by atoms with E-state index in [1.54, 1.807) is 24.3 Å². The van der Waals surface area contributed by atoms with E-state index < -0.39 is 18.8 Å². The van der Waals surface area contributed by atoms with Crippen molar-refractivity contribution >= 4 is 5.91 Å². The third-order valence-corrected chi connectivity index (χ3v) is 2.83. The molecule has 1 heterocycles. The predicted molar refractivity (Wildman–Crippen MR) is 59.6 cm³/mol. The van der Waals surface area contributed by atoms with Crippen molar-refractivity contribution in [3.05, 3.63) is 35.9 Å². The normalized spacial score (nSPS) is 20.5. The van der Waals surface area contributed by atoms with Crippen LogP contribution < -0.4 is 5.32 Å². The van der Waals surface area contributed by atoms with Crippen LogP contribution in [0.1, 0.15) is 18.2 Å². The molecule has 1 atom stereocenters. The van der Waals surface area contributed by atoms with Gasteiger partial charge in [0.2, 0.25) is 5.91 Å². The number of hydrogen-bond acceptors (Lipinski definition) is 2. The minimum absolute atomic E-state index is 0.0808. The highest BCUT2D eigenvalue weighted by Gasteiger charge is 2.35. The van der Waals surface area contributed by atoms with E-state index in [2.05, 4.69) is 5.32 Å². The second kappa shape index (κ2) is 4.97. The molecular weight excluding hydrogens is 245 g/mol. The lowest BCUT2D eigenvalue weighted by molar-refractivity contribution is -0.144. The van der Waals surface area contributed by atoms with Crippen molar-refractivity contribution in [1.82, 2.24) is 10.2 Å². The number of carbonyl (C=O) groups is 1. The van der Waals surface area contributed by atoms with Crippen LogP contribution in [0.3, 0.4) is 0 Å². The summed E-state index contributed by atoms with van der Waals surface area (Å²) in [6.07, 6.45) is -5.69. The van der Waals surface area contributed by atoms with Gasteiger partial charge in [0.05, 0.1) is 13.0 Å². The number of rotatable bonds is 3. The van der Waals surface area contributed by atoms with Crippen LogP contribution >= 0.6 is 0 Å². The first-order valence-electron chi connectivity index (χ1n) is 5.62. The molecule has 1 amide bonds. The lowest BCUT2D eigenvalue weighted by Crippen LogP contribution is -2.33. The van der Waals surface area contributed by atoms with E-state index in [1.807, 2.05) is 6.07 Å². The van der Waals surface area contributed by atoms with Crippen molar-refractivity contribution in [2.75, 3.05) is 13.1 Å². The van der Waals surface area contributed by atoms with Crippen LogP contribution in [0.4, 0.5) is 13.2 Å². The summed E-state index contributed by atoms with van der Waals surface area (Å²) in [5.74, 6) is -0.298. The Morgan fingerprint density at radius 1 is 1.28 bits per heavy atom. The summed E-state index contributed by atoms with van der Waals surface area (Å²) in [6, 6.07) is 8.98. The van der Waals surface area contributed by atoms with Gasteiger partial charge in [-0.15, -0.1) is 0 Å². The predicted octanol–water partition coefficient (Wildman–Crippen LogP) is 2.07. The summed E-state index contributed by atoms with van der Waals surface area (Å²) in [4.78, 5) is 12.8. The molecule has 3 nitrogen and oxygen atoms in total. The quantitative estimate of drug-likeness (QED) is 0.900. The highest BCUT2D eigenvalue weighted by atomic mass is 19.4. The maximum Gasteiger partial charge on any atom is 0.390 e. The summed E-state index contributed by atoms with van der Waals surface area (Å²) in [7, 11) is 0. The van der Waals surface area contributed by atoms with E-state index in [9.17, 15) is 18.0 Å². The molecule has 0 aromatic heterocycles. The van der Waals surface area contributed by atoms with Crippen molar-refractivity contribution in [2.24, 2.45) is 0 Å². The van der Waals surface area contributed by atoms with Gasteiger partial charge in [0.15, 0.2) is 0 Å². The van der Waals surface area contributed by atoms with Gasteiger partial charge in [-0.1, -0.05) is 30.3 Å². The van der Waals surface area contributed by atoms with E-state index in [0.29, 0.717) is 0 Å². The van der Waals surface area contributed by atoms with Gasteiger partial charge >= 0.3 is 6.18 Å². The Morgan fingerprint density at radius 2 is 1.94 bits per heavy atom. The van der Waals surface area contributed by atoms with Crippen molar-refractivity contribution in [2.45, 2.75) is 18.8 Å². The number of amides is 1. The average Bonchev–Trinajstić information content (AvgIpc) is 2.68. The smallest absolute Gasteiger partial charge is 0.321 e. The summed E-state index contributed by atoms with van der Waals surface area (Å²) in [5, 5.41) is 2.92. The lowest BCUT2D eigenvalue weighted by Gasteiger charge is -2.25. The Balaban J connectivity index is 2.09. The van der Waals surface area contributed by atoms with Crippen LogP contribution in [-0.4, -0.2) is 30.1 Å². The first-order chi connectivity index (χ1) is 8.47. The molecule has 1 unspecified atom stereocenters. The van der Waals surface area contributed by atoms with Gasteiger partial charge in [-0.3, -0.25) is 10.1 Å². The van der Waals surface area contributed by atoms with Crippen LogP contribution in [0.2, 0.25) is 0 Å². The largest absolute Gasteiger partial charge is 0.390 e. The number of carbonyl (C=O) groups excluding carboxylic acids is 1. The maximum absolute atomic E-state index is 12.2. The fraction of sp³-hybridized carbons (Fsp3) is 0.417. The van der Waals surface area contributed by atoms with Gasteiger partial charge in [-0.05, 0) is 5.56 Å². The molecule has 1 fully saturated rings. The van der Waals surface area contributed by atoms with Crippen molar-refractivity contribution < 1.29 is 18.0 Å². The molecule has 0 saturated carbocycles. The lowest BCUT2D eigenvalue weighted by atomic mass is 10.1. The van der Waals surface area contributed by atoms with Crippen molar-refractivity contribution in [3.63, 3.8) is 0 Å². The molecule has 0 spiro atoms. The van der Waals surface area contributed by atoms with E-state index >= 15 is 0 Å². The third-order valence-electron chi connectivity index (χ3n) is 2.83. The van der Waals surface area contributed by atoms with E-state index in [-0.39, 0.29) is 19.0 Å². The maximum atomic E-state index is 12.2. The fourth-order valence-electron chi connectivity index (χ4n) is 1.97. The average molecular weight is 258 g/mol. The Hall–Kier alpha value is -1.56. The molecule has 1 saturated heterocycles. The molecular formula is C12H13F3N2O. The van der Waals surface area contributed by atoms with Crippen molar-refractivity contribution in [3.8, 4) is 0 Å². The number of nitrogens with one attached hydrogen (secondary N) is 1. The zero-order chi connectivity index (χ0) is 13.2. The summed E-state index contributed by atoms with van der Waals surface area (Å²) in [5.41, 5.74) is 0.797. The van der Waals surface area contributed by atoms with Crippen molar-refractivity contribution in [1.29, 1.82) is 0 Å². The number of hydrogen-bond donors (Lipinski definition) is 1. The van der Waals surface area contributed by atoms with Gasteiger partial charge in [0.1, 0.15) is 6.17 Å². The molecule has 0 aliphatic carbocycles. The molecule has 1 aliphatic rings. The number of halogens is 3. The van der Waals surface area contributed by atoms with Crippen LogP contribution in [0.25, 0.3) is 0 Å². The van der Waals surface area contributed by atoms with Gasteiger partial charge in [-0.25, -0.2) is 0 Å². The minimum Gasteiger partial charge on any atom is -0.321 e. The number of alkyl halides is 3. The van der Waals surface area contributed by atoms with Gasteiger partial charge in [0.25, 0.3) is 0 Å². The van der Waals surface area contributed by atoms with Crippen LogP contribution in [0, 0.1) is 0 Å². The van der Waals surface area contributed by atoms with E-state index in [0.717, 1.165) is 5.56 Å². The Morgan fingerprint density at radius 3 is 2.56 bits per heavy atom. The van der Waals surface area contributed by atoms with E-state index in [1.165, 1.54) is 4.90 Å². The van der Waals surface area contributed by atoms with Crippen LogP contribution in [0.5, 0.6) is 0 Å². The molecule has 0 radical (unpaired) electrons. The molecule has 1 aliphatic heterocycles. The molecule has 6 heteroatoms. The molecule has 0 bridgehead atoms. The molecule has 98 valence electrons. The summed E-state index contributed by atoms with van der Waals surface area (Å²) in [6.45, 7) is -0.230. The third kappa shape index (κ3) is 3.01. The molecule has 2 rings (SSSR count). The molecule has 1 aromatic carbocycles. The highest BCUT2D eigenvalue weighted by molar-refractivity contribution is 5.80. The Bertz CT molecular complexity index is 419. The molecule has 1 N–H and O–H groups in total. The Kier molecular flexibility index (Phi) is 3.56. The first-order valence-corrected chi connectivity index (χ1v) is 5.62. The van der Waals surface area contributed by atoms with Gasteiger partial charge in [-0.2, -0.15) is 13.2 Å². The standard InChI is InChI=1S/C12H13F3N2O/c13-12(14,15)6-7-17-10(18)8-16-11(17)9-4-2-1-3-5-9/h1-5,11,16H,6-8H2. The van der Waals surface area contributed by atoms with E-state index in [4.69, 9.17) is 0 Å². The highest BCUT2D eigenvalue weighted by Crippen LogP contribution is 2.26. The fourth-order valence-corrected chi connectivity index (χ4v) is 1.97. The Labute approximate surface area is 103 Å². The van der Waals surface area contributed by atoms with Crippen LogP contribution in [0.15, 0.2) is 30.3 Å². The minimum atomic E-state index is -4.25. The van der Waals surface area contributed by atoms with Crippen LogP contribution in [-0.2, 0) is 4.79 Å². The van der Waals surface area contributed by atoms with Gasteiger partial charge < -0.3 is 4.90 Å². The zero-order valence-corrected chi connectivity index (χ0v) is 9.57. The summed E-state index contributed by atoms with van der Waals surface area (Å²) < 4.78 is 36.6.